The zero-order valence-corrected chi connectivity index (χ0v) is 15.2. The summed E-state index contributed by atoms with van der Waals surface area (Å²) in [6.45, 7) is 0. The molecule has 0 spiro atoms. The van der Waals surface area contributed by atoms with Crippen LogP contribution in [0.4, 0.5) is 4.39 Å². The molecule has 0 aliphatic carbocycles. The van der Waals surface area contributed by atoms with Gasteiger partial charge in [0.1, 0.15) is 11.6 Å². The highest BCUT2D eigenvalue weighted by atomic mass is 32.2. The zero-order chi connectivity index (χ0) is 18.8. The van der Waals surface area contributed by atoms with Crippen LogP contribution in [0, 0.1) is 5.82 Å². The molecule has 4 aromatic rings. The second kappa shape index (κ2) is 7.24. The van der Waals surface area contributed by atoms with Crippen LogP contribution in [0.2, 0.25) is 0 Å². The Balaban J connectivity index is 1.66. The molecule has 0 atom stereocenters. The predicted octanol–water partition coefficient (Wildman–Crippen LogP) is 3.32. The fraction of sp³-hybridized carbons (Fsp3) is 0.105. The van der Waals surface area contributed by atoms with Crippen LogP contribution in [0.15, 0.2) is 70.9 Å². The molecule has 4 rings (SSSR count). The molecule has 0 N–H and O–H groups in total. The van der Waals surface area contributed by atoms with E-state index < -0.39 is 0 Å². The molecule has 0 saturated heterocycles. The van der Waals surface area contributed by atoms with E-state index in [1.165, 1.54) is 28.5 Å². The minimum absolute atomic E-state index is 0.224. The lowest BCUT2D eigenvalue weighted by atomic mass is 10.2. The quantitative estimate of drug-likeness (QED) is 0.496. The summed E-state index contributed by atoms with van der Waals surface area (Å²) in [7, 11) is 1.58. The molecule has 2 aromatic heterocycles. The van der Waals surface area contributed by atoms with E-state index in [2.05, 4.69) is 10.2 Å². The predicted molar refractivity (Wildman–Crippen MR) is 101 cm³/mol. The van der Waals surface area contributed by atoms with Gasteiger partial charge in [-0.25, -0.2) is 4.39 Å². The zero-order valence-electron chi connectivity index (χ0n) is 14.4. The van der Waals surface area contributed by atoms with Gasteiger partial charge in [0, 0.05) is 24.2 Å². The first-order chi connectivity index (χ1) is 13.2. The third kappa shape index (κ3) is 3.43. The van der Waals surface area contributed by atoms with Crippen molar-refractivity contribution in [1.82, 2.24) is 19.2 Å². The summed E-state index contributed by atoms with van der Waals surface area (Å²) in [6, 6.07) is 13.6. The number of fused-ring (bicyclic) bond motifs is 1. The van der Waals surface area contributed by atoms with Crippen LogP contribution >= 0.6 is 11.8 Å². The van der Waals surface area contributed by atoms with Crippen molar-refractivity contribution < 1.29 is 9.13 Å². The normalized spacial score (nSPS) is 11.0. The van der Waals surface area contributed by atoms with E-state index in [9.17, 15) is 9.18 Å². The SMILES string of the molecule is COc1cccc(-n2ccn3c(SCc4cccc(F)c4)nnc3c2=O)c1. The number of benzene rings is 2. The largest absolute Gasteiger partial charge is 0.497 e. The third-order valence-corrected chi connectivity index (χ3v) is 5.04. The van der Waals surface area contributed by atoms with E-state index in [1.807, 2.05) is 24.3 Å². The van der Waals surface area contributed by atoms with Gasteiger partial charge in [-0.05, 0) is 29.8 Å². The lowest BCUT2D eigenvalue weighted by Gasteiger charge is -2.08. The Morgan fingerprint density at radius 1 is 1.11 bits per heavy atom. The van der Waals surface area contributed by atoms with Gasteiger partial charge in [0.15, 0.2) is 5.16 Å². The Morgan fingerprint density at radius 2 is 1.96 bits per heavy atom. The lowest BCUT2D eigenvalue weighted by molar-refractivity contribution is 0.414. The molecular formula is C19H15FN4O2S. The van der Waals surface area contributed by atoms with Crippen LogP contribution in [0.5, 0.6) is 5.75 Å². The van der Waals surface area contributed by atoms with Crippen LogP contribution in [-0.4, -0.2) is 26.3 Å². The molecule has 136 valence electrons. The van der Waals surface area contributed by atoms with Gasteiger partial charge in [-0.3, -0.25) is 13.8 Å². The fourth-order valence-corrected chi connectivity index (χ4v) is 3.56. The van der Waals surface area contributed by atoms with E-state index in [1.54, 1.807) is 36.0 Å². The second-order valence-electron chi connectivity index (χ2n) is 5.77. The van der Waals surface area contributed by atoms with Crippen molar-refractivity contribution in [1.29, 1.82) is 0 Å². The molecule has 0 aliphatic rings. The van der Waals surface area contributed by atoms with E-state index in [0.29, 0.717) is 22.3 Å². The summed E-state index contributed by atoms with van der Waals surface area (Å²) < 4.78 is 21.7. The number of rotatable bonds is 5. The molecule has 0 saturated carbocycles. The molecule has 0 radical (unpaired) electrons. The van der Waals surface area contributed by atoms with Crippen molar-refractivity contribution in [3.05, 3.63) is 82.7 Å². The molecule has 8 heteroatoms. The highest BCUT2D eigenvalue weighted by molar-refractivity contribution is 7.98. The number of methoxy groups -OCH3 is 1. The summed E-state index contributed by atoms with van der Waals surface area (Å²) in [5.74, 6) is 0.907. The monoisotopic (exact) mass is 382 g/mol. The first-order valence-corrected chi connectivity index (χ1v) is 9.12. The fourth-order valence-electron chi connectivity index (χ4n) is 2.70. The van der Waals surface area contributed by atoms with Gasteiger partial charge in [0.05, 0.1) is 12.8 Å². The standard InChI is InChI=1S/C19H15FN4O2S/c1-26-16-7-3-6-15(11-16)23-8-9-24-17(18(23)25)21-22-19(24)27-12-13-4-2-5-14(20)10-13/h2-11H,12H2,1H3. The molecule has 0 aliphatic heterocycles. The lowest BCUT2D eigenvalue weighted by Crippen LogP contribution is -2.20. The van der Waals surface area contributed by atoms with Gasteiger partial charge < -0.3 is 4.74 Å². The van der Waals surface area contributed by atoms with Gasteiger partial charge in [0.2, 0.25) is 5.65 Å². The van der Waals surface area contributed by atoms with Crippen LogP contribution < -0.4 is 10.3 Å². The Hall–Kier alpha value is -3.13. The number of hydrogen-bond acceptors (Lipinski definition) is 5. The average Bonchev–Trinajstić information content (AvgIpc) is 3.11. The first kappa shape index (κ1) is 17.3. The van der Waals surface area contributed by atoms with Gasteiger partial charge in [-0.2, -0.15) is 0 Å². The van der Waals surface area contributed by atoms with Crippen molar-refractivity contribution in [2.75, 3.05) is 7.11 Å². The van der Waals surface area contributed by atoms with E-state index in [0.717, 1.165) is 5.56 Å². The Labute approximate surface area is 158 Å². The van der Waals surface area contributed by atoms with Crippen LogP contribution in [0.25, 0.3) is 11.3 Å². The molecule has 6 nitrogen and oxygen atoms in total. The van der Waals surface area contributed by atoms with Crippen LogP contribution in [0.3, 0.4) is 0 Å². The number of nitrogens with zero attached hydrogens (tertiary/aromatic N) is 4. The third-order valence-electron chi connectivity index (χ3n) is 4.03. The molecule has 0 bridgehead atoms. The summed E-state index contributed by atoms with van der Waals surface area (Å²) >= 11 is 1.39. The highest BCUT2D eigenvalue weighted by Crippen LogP contribution is 2.22. The smallest absolute Gasteiger partial charge is 0.300 e. The number of halogens is 1. The average molecular weight is 382 g/mol. The second-order valence-corrected chi connectivity index (χ2v) is 6.71. The van der Waals surface area contributed by atoms with Crippen molar-refractivity contribution in [3.8, 4) is 11.4 Å². The molecule has 2 heterocycles. The maximum atomic E-state index is 13.3. The summed E-state index contributed by atoms with van der Waals surface area (Å²) in [6.07, 6.45) is 3.41. The van der Waals surface area contributed by atoms with Crippen molar-refractivity contribution >= 4 is 17.4 Å². The summed E-state index contributed by atoms with van der Waals surface area (Å²) in [5, 5.41) is 8.71. The summed E-state index contributed by atoms with van der Waals surface area (Å²) in [4.78, 5) is 12.8. The van der Waals surface area contributed by atoms with Crippen molar-refractivity contribution in [3.63, 3.8) is 0 Å². The van der Waals surface area contributed by atoms with Gasteiger partial charge >= 0.3 is 5.56 Å². The van der Waals surface area contributed by atoms with Crippen LogP contribution in [-0.2, 0) is 5.75 Å². The molecule has 0 amide bonds. The topological polar surface area (TPSA) is 61.4 Å². The molecule has 0 fully saturated rings. The van der Waals surface area contributed by atoms with Gasteiger partial charge in [0.25, 0.3) is 0 Å². The number of ether oxygens (including phenoxy) is 1. The number of hydrogen-bond donors (Lipinski definition) is 0. The number of thioether (sulfide) groups is 1. The maximum Gasteiger partial charge on any atom is 0.300 e. The Bertz CT molecular complexity index is 1170. The minimum atomic E-state index is -0.282. The van der Waals surface area contributed by atoms with E-state index in [4.69, 9.17) is 4.74 Å². The molecular weight excluding hydrogens is 367 g/mol. The highest BCUT2D eigenvalue weighted by Gasteiger charge is 2.12. The Morgan fingerprint density at radius 3 is 2.78 bits per heavy atom. The Kier molecular flexibility index (Phi) is 4.64. The molecule has 2 aromatic carbocycles. The number of aromatic nitrogens is 4. The summed E-state index contributed by atoms with van der Waals surface area (Å²) in [5.41, 5.74) is 1.46. The van der Waals surface area contributed by atoms with E-state index >= 15 is 0 Å². The molecule has 0 unspecified atom stereocenters. The van der Waals surface area contributed by atoms with Gasteiger partial charge in [-0.15, -0.1) is 10.2 Å². The van der Waals surface area contributed by atoms with Crippen molar-refractivity contribution in [2.24, 2.45) is 0 Å². The van der Waals surface area contributed by atoms with Gasteiger partial charge in [-0.1, -0.05) is 30.0 Å². The van der Waals surface area contributed by atoms with Crippen molar-refractivity contribution in [2.45, 2.75) is 10.9 Å². The first-order valence-electron chi connectivity index (χ1n) is 8.14. The minimum Gasteiger partial charge on any atom is -0.497 e. The maximum absolute atomic E-state index is 13.3. The molecule has 27 heavy (non-hydrogen) atoms. The van der Waals surface area contributed by atoms with E-state index in [-0.39, 0.29) is 17.0 Å². The van der Waals surface area contributed by atoms with Crippen LogP contribution in [0.1, 0.15) is 5.56 Å².